The van der Waals surface area contributed by atoms with E-state index in [1.807, 2.05) is 6.07 Å². The summed E-state index contributed by atoms with van der Waals surface area (Å²) in [5.74, 6) is 1.70. The van der Waals surface area contributed by atoms with Crippen molar-refractivity contribution >= 4 is 0 Å². The predicted octanol–water partition coefficient (Wildman–Crippen LogP) is 3.36. The van der Waals surface area contributed by atoms with Gasteiger partial charge in [-0.3, -0.25) is 0 Å². The Bertz CT molecular complexity index is 637. The van der Waals surface area contributed by atoms with Gasteiger partial charge in [0.05, 0.1) is 0 Å². The molecule has 0 aliphatic carbocycles. The first-order valence-electron chi connectivity index (χ1n) is 7.38. The SMILES string of the molecule is Cc1cccc(CNCc2ccc3c(c2)OCCO3)c1C. The van der Waals surface area contributed by atoms with Crippen LogP contribution in [0, 0.1) is 13.8 Å². The van der Waals surface area contributed by atoms with Crippen molar-refractivity contribution < 1.29 is 9.47 Å². The van der Waals surface area contributed by atoms with Gasteiger partial charge in [0, 0.05) is 13.1 Å². The van der Waals surface area contributed by atoms with Gasteiger partial charge < -0.3 is 14.8 Å². The topological polar surface area (TPSA) is 30.5 Å². The van der Waals surface area contributed by atoms with Crippen LogP contribution in [0.25, 0.3) is 0 Å². The van der Waals surface area contributed by atoms with Crippen LogP contribution in [0.2, 0.25) is 0 Å². The Balaban J connectivity index is 1.61. The molecular weight excluding hydrogens is 262 g/mol. The molecule has 1 aliphatic rings. The molecule has 1 N–H and O–H groups in total. The zero-order valence-electron chi connectivity index (χ0n) is 12.6. The summed E-state index contributed by atoms with van der Waals surface area (Å²) in [6, 6.07) is 12.6. The molecule has 21 heavy (non-hydrogen) atoms. The maximum absolute atomic E-state index is 5.61. The lowest BCUT2D eigenvalue weighted by Crippen LogP contribution is -2.17. The molecule has 0 bridgehead atoms. The lowest BCUT2D eigenvalue weighted by Gasteiger charge is -2.19. The van der Waals surface area contributed by atoms with E-state index in [9.17, 15) is 0 Å². The standard InChI is InChI=1S/C18H21NO2/c1-13-4-3-5-16(14(13)2)12-19-11-15-6-7-17-18(10-15)21-9-8-20-17/h3-7,10,19H,8-9,11-12H2,1-2H3. The first kappa shape index (κ1) is 14.0. The fourth-order valence-corrected chi connectivity index (χ4v) is 2.54. The molecular formula is C18H21NO2. The monoisotopic (exact) mass is 283 g/mol. The number of ether oxygens (including phenoxy) is 2. The van der Waals surface area contributed by atoms with E-state index in [1.165, 1.54) is 22.3 Å². The van der Waals surface area contributed by atoms with Crippen molar-refractivity contribution in [3.05, 3.63) is 58.7 Å². The second-order valence-electron chi connectivity index (χ2n) is 5.44. The van der Waals surface area contributed by atoms with Crippen molar-refractivity contribution in [2.24, 2.45) is 0 Å². The Kier molecular flexibility index (Phi) is 4.11. The van der Waals surface area contributed by atoms with Crippen molar-refractivity contribution in [1.29, 1.82) is 0 Å². The molecule has 3 nitrogen and oxygen atoms in total. The average Bonchev–Trinajstić information content (AvgIpc) is 2.51. The minimum atomic E-state index is 0.631. The summed E-state index contributed by atoms with van der Waals surface area (Å²) in [7, 11) is 0. The zero-order chi connectivity index (χ0) is 14.7. The van der Waals surface area contributed by atoms with E-state index in [2.05, 4.69) is 49.5 Å². The lowest BCUT2D eigenvalue weighted by molar-refractivity contribution is 0.171. The van der Waals surface area contributed by atoms with Crippen LogP contribution in [-0.2, 0) is 13.1 Å². The molecule has 0 saturated heterocycles. The number of fused-ring (bicyclic) bond motifs is 1. The number of nitrogens with one attached hydrogen (secondary N) is 1. The minimum Gasteiger partial charge on any atom is -0.486 e. The summed E-state index contributed by atoms with van der Waals surface area (Å²) >= 11 is 0. The molecule has 1 heterocycles. The van der Waals surface area contributed by atoms with E-state index < -0.39 is 0 Å². The highest BCUT2D eigenvalue weighted by Crippen LogP contribution is 2.30. The van der Waals surface area contributed by atoms with Gasteiger partial charge >= 0.3 is 0 Å². The van der Waals surface area contributed by atoms with E-state index in [0.29, 0.717) is 13.2 Å². The van der Waals surface area contributed by atoms with Crippen molar-refractivity contribution in [3.63, 3.8) is 0 Å². The maximum atomic E-state index is 5.61. The van der Waals surface area contributed by atoms with Crippen molar-refractivity contribution in [1.82, 2.24) is 5.32 Å². The molecule has 0 unspecified atom stereocenters. The molecule has 0 saturated carbocycles. The number of hydrogen-bond acceptors (Lipinski definition) is 3. The number of aryl methyl sites for hydroxylation is 1. The van der Waals surface area contributed by atoms with Crippen molar-refractivity contribution in [3.8, 4) is 11.5 Å². The van der Waals surface area contributed by atoms with Crippen LogP contribution in [0.5, 0.6) is 11.5 Å². The number of rotatable bonds is 4. The van der Waals surface area contributed by atoms with E-state index in [0.717, 1.165) is 24.6 Å². The first-order chi connectivity index (χ1) is 10.2. The quantitative estimate of drug-likeness (QED) is 0.933. The van der Waals surface area contributed by atoms with Gasteiger partial charge in [-0.05, 0) is 48.2 Å². The molecule has 1 aliphatic heterocycles. The molecule has 3 rings (SSSR count). The summed E-state index contributed by atoms with van der Waals surface area (Å²) in [5, 5.41) is 3.50. The van der Waals surface area contributed by atoms with Crippen LogP contribution in [0.4, 0.5) is 0 Å². The van der Waals surface area contributed by atoms with Crippen molar-refractivity contribution in [2.75, 3.05) is 13.2 Å². The summed E-state index contributed by atoms with van der Waals surface area (Å²) in [6.45, 7) is 7.30. The van der Waals surface area contributed by atoms with E-state index in [4.69, 9.17) is 9.47 Å². The smallest absolute Gasteiger partial charge is 0.161 e. The van der Waals surface area contributed by atoms with Gasteiger partial charge in [0.2, 0.25) is 0 Å². The van der Waals surface area contributed by atoms with Crippen molar-refractivity contribution in [2.45, 2.75) is 26.9 Å². The molecule has 0 spiro atoms. The van der Waals surface area contributed by atoms with Crippen LogP contribution in [0.1, 0.15) is 22.3 Å². The maximum Gasteiger partial charge on any atom is 0.161 e. The molecule has 0 fully saturated rings. The van der Waals surface area contributed by atoms with Gasteiger partial charge in [0.15, 0.2) is 11.5 Å². The second-order valence-corrected chi connectivity index (χ2v) is 5.44. The molecule has 0 atom stereocenters. The third-order valence-corrected chi connectivity index (χ3v) is 3.97. The zero-order valence-corrected chi connectivity index (χ0v) is 12.6. The largest absolute Gasteiger partial charge is 0.486 e. The fourth-order valence-electron chi connectivity index (χ4n) is 2.54. The van der Waals surface area contributed by atoms with Gasteiger partial charge in [-0.25, -0.2) is 0 Å². The van der Waals surface area contributed by atoms with Crippen LogP contribution in [-0.4, -0.2) is 13.2 Å². The van der Waals surface area contributed by atoms with Gasteiger partial charge in [-0.1, -0.05) is 24.3 Å². The summed E-state index contributed by atoms with van der Waals surface area (Å²) < 4.78 is 11.1. The number of hydrogen-bond donors (Lipinski definition) is 1. The summed E-state index contributed by atoms with van der Waals surface area (Å²) in [5.41, 5.74) is 5.28. The molecule has 2 aromatic carbocycles. The Morgan fingerprint density at radius 3 is 2.62 bits per heavy atom. The van der Waals surface area contributed by atoms with E-state index in [-0.39, 0.29) is 0 Å². The summed E-state index contributed by atoms with van der Waals surface area (Å²) in [6.07, 6.45) is 0. The normalized spacial score (nSPS) is 13.2. The first-order valence-corrected chi connectivity index (χ1v) is 7.38. The molecule has 3 heteroatoms. The predicted molar refractivity (Wildman–Crippen MR) is 83.9 cm³/mol. The Morgan fingerprint density at radius 1 is 0.952 bits per heavy atom. The number of benzene rings is 2. The Morgan fingerprint density at radius 2 is 1.76 bits per heavy atom. The molecule has 0 amide bonds. The lowest BCUT2D eigenvalue weighted by atomic mass is 10.0. The van der Waals surface area contributed by atoms with Gasteiger partial charge in [0.1, 0.15) is 13.2 Å². The third kappa shape index (κ3) is 3.19. The minimum absolute atomic E-state index is 0.631. The fraction of sp³-hybridized carbons (Fsp3) is 0.333. The molecule has 0 aromatic heterocycles. The van der Waals surface area contributed by atoms with Gasteiger partial charge in [-0.15, -0.1) is 0 Å². The Hall–Kier alpha value is -2.00. The average molecular weight is 283 g/mol. The molecule has 2 aromatic rings. The molecule has 110 valence electrons. The van der Waals surface area contributed by atoms with Gasteiger partial charge in [-0.2, -0.15) is 0 Å². The third-order valence-electron chi connectivity index (χ3n) is 3.97. The summed E-state index contributed by atoms with van der Waals surface area (Å²) in [4.78, 5) is 0. The highest BCUT2D eigenvalue weighted by atomic mass is 16.6. The Labute approximate surface area is 125 Å². The van der Waals surface area contributed by atoms with E-state index in [1.54, 1.807) is 0 Å². The van der Waals surface area contributed by atoms with Gasteiger partial charge in [0.25, 0.3) is 0 Å². The van der Waals surface area contributed by atoms with Crippen LogP contribution in [0.15, 0.2) is 36.4 Å². The van der Waals surface area contributed by atoms with Crippen LogP contribution >= 0.6 is 0 Å². The highest BCUT2D eigenvalue weighted by Gasteiger charge is 2.11. The highest BCUT2D eigenvalue weighted by molar-refractivity contribution is 5.43. The van der Waals surface area contributed by atoms with E-state index >= 15 is 0 Å². The van der Waals surface area contributed by atoms with Crippen LogP contribution < -0.4 is 14.8 Å². The molecule has 0 radical (unpaired) electrons. The van der Waals surface area contributed by atoms with Crippen LogP contribution in [0.3, 0.4) is 0 Å². The second kappa shape index (κ2) is 6.19.